The second-order valence-corrected chi connectivity index (χ2v) is 6.59. The van der Waals surface area contributed by atoms with Crippen LogP contribution in [0.25, 0.3) is 0 Å². The Labute approximate surface area is 128 Å². The van der Waals surface area contributed by atoms with Gasteiger partial charge in [-0.15, -0.1) is 0 Å². The molecule has 0 fully saturated rings. The Morgan fingerprint density at radius 1 is 1.10 bits per heavy atom. The molecule has 1 heterocycles. The summed E-state index contributed by atoms with van der Waals surface area (Å²) >= 11 is 5.63. The van der Waals surface area contributed by atoms with E-state index in [1.807, 2.05) is 24.3 Å². The maximum Gasteiger partial charge on any atom is 0.242 e. The molecule has 1 aromatic heterocycles. The molecule has 0 spiro atoms. The highest BCUT2D eigenvalue weighted by Crippen LogP contribution is 2.11. The fraction of sp³-hybridized carbons (Fsp3) is 0.214. The van der Waals surface area contributed by atoms with Crippen LogP contribution in [0.5, 0.6) is 0 Å². The van der Waals surface area contributed by atoms with E-state index in [0.717, 1.165) is 11.1 Å². The molecule has 0 radical (unpaired) electrons. The molecule has 0 saturated heterocycles. The van der Waals surface area contributed by atoms with Gasteiger partial charge in [0.2, 0.25) is 10.0 Å². The summed E-state index contributed by atoms with van der Waals surface area (Å²) in [6.45, 7) is 0.278. The smallest absolute Gasteiger partial charge is 0.242 e. The Morgan fingerprint density at radius 2 is 1.76 bits per heavy atom. The van der Waals surface area contributed by atoms with Gasteiger partial charge in [0.1, 0.15) is 10.0 Å². The van der Waals surface area contributed by atoms with Crippen LogP contribution in [0.4, 0.5) is 0 Å². The largest absolute Gasteiger partial charge is 0.392 e. The van der Waals surface area contributed by atoms with Crippen LogP contribution in [-0.2, 0) is 23.1 Å². The summed E-state index contributed by atoms with van der Waals surface area (Å²) in [5, 5.41) is 9.20. The molecule has 7 heteroatoms. The van der Waals surface area contributed by atoms with Crippen molar-refractivity contribution in [2.24, 2.45) is 0 Å². The predicted octanol–water partition coefficient (Wildman–Crippen LogP) is 1.75. The topological polar surface area (TPSA) is 79.3 Å². The van der Waals surface area contributed by atoms with Crippen molar-refractivity contribution in [2.45, 2.75) is 17.9 Å². The normalized spacial score (nSPS) is 11.5. The molecule has 0 atom stereocenters. The first-order chi connectivity index (χ1) is 10.0. The summed E-state index contributed by atoms with van der Waals surface area (Å²) in [6, 6.07) is 10.2. The predicted molar refractivity (Wildman–Crippen MR) is 80.5 cm³/mol. The van der Waals surface area contributed by atoms with E-state index in [2.05, 4.69) is 9.71 Å². The van der Waals surface area contributed by atoms with Gasteiger partial charge in [0.15, 0.2) is 0 Å². The minimum Gasteiger partial charge on any atom is -0.392 e. The standard InChI is InChI=1S/C14H15ClN2O3S/c15-14-6-5-13(9-16-14)21(19,20)17-8-7-11-1-3-12(10-18)4-2-11/h1-6,9,17-18H,7-8,10H2. The Bertz CT molecular complexity index is 685. The molecule has 21 heavy (non-hydrogen) atoms. The average molecular weight is 327 g/mol. The van der Waals surface area contributed by atoms with Crippen LogP contribution in [0.15, 0.2) is 47.5 Å². The number of halogens is 1. The second-order valence-electron chi connectivity index (χ2n) is 4.44. The number of rotatable bonds is 6. The number of aliphatic hydroxyl groups excluding tert-OH is 1. The molecule has 0 bridgehead atoms. The maximum absolute atomic E-state index is 12.0. The lowest BCUT2D eigenvalue weighted by molar-refractivity contribution is 0.282. The molecular weight excluding hydrogens is 312 g/mol. The van der Waals surface area contributed by atoms with Crippen molar-refractivity contribution in [1.82, 2.24) is 9.71 Å². The van der Waals surface area contributed by atoms with Gasteiger partial charge in [0.05, 0.1) is 6.61 Å². The molecule has 1 aromatic carbocycles. The molecule has 0 saturated carbocycles. The van der Waals surface area contributed by atoms with Crippen molar-refractivity contribution in [3.8, 4) is 0 Å². The number of hydrogen-bond acceptors (Lipinski definition) is 4. The Balaban J connectivity index is 1.93. The van der Waals surface area contributed by atoms with Crippen molar-refractivity contribution < 1.29 is 13.5 Å². The van der Waals surface area contributed by atoms with Crippen LogP contribution in [0, 0.1) is 0 Å². The lowest BCUT2D eigenvalue weighted by atomic mass is 10.1. The molecule has 5 nitrogen and oxygen atoms in total. The summed E-state index contributed by atoms with van der Waals surface area (Å²) in [4.78, 5) is 3.84. The van der Waals surface area contributed by atoms with Gasteiger partial charge >= 0.3 is 0 Å². The second kappa shape index (κ2) is 7.00. The molecule has 0 aliphatic heterocycles. The number of nitrogens with one attached hydrogen (secondary N) is 1. The fourth-order valence-corrected chi connectivity index (χ4v) is 2.83. The van der Waals surface area contributed by atoms with Gasteiger partial charge < -0.3 is 5.11 Å². The van der Waals surface area contributed by atoms with Gasteiger partial charge in [-0.1, -0.05) is 35.9 Å². The quantitative estimate of drug-likeness (QED) is 0.793. The van der Waals surface area contributed by atoms with Crippen molar-refractivity contribution in [3.63, 3.8) is 0 Å². The van der Waals surface area contributed by atoms with E-state index in [1.165, 1.54) is 18.3 Å². The third kappa shape index (κ3) is 4.50. The van der Waals surface area contributed by atoms with Crippen molar-refractivity contribution in [3.05, 3.63) is 58.9 Å². The minimum atomic E-state index is -3.57. The number of sulfonamides is 1. The Hall–Kier alpha value is -1.47. The molecule has 0 aliphatic carbocycles. The molecule has 0 amide bonds. The molecule has 0 unspecified atom stereocenters. The lowest BCUT2D eigenvalue weighted by Gasteiger charge is -2.07. The zero-order valence-electron chi connectivity index (χ0n) is 11.2. The highest BCUT2D eigenvalue weighted by atomic mass is 35.5. The first-order valence-corrected chi connectivity index (χ1v) is 8.17. The SMILES string of the molecule is O=S(=O)(NCCc1ccc(CO)cc1)c1ccc(Cl)nc1. The zero-order chi connectivity index (χ0) is 15.3. The van der Waals surface area contributed by atoms with Crippen LogP contribution >= 0.6 is 11.6 Å². The van der Waals surface area contributed by atoms with E-state index in [4.69, 9.17) is 16.7 Å². The Kier molecular flexibility index (Phi) is 5.30. The summed E-state index contributed by atoms with van der Waals surface area (Å²) in [5.74, 6) is 0. The molecular formula is C14H15ClN2O3S. The van der Waals surface area contributed by atoms with Crippen molar-refractivity contribution >= 4 is 21.6 Å². The van der Waals surface area contributed by atoms with Crippen LogP contribution in [-0.4, -0.2) is 25.1 Å². The first kappa shape index (κ1) is 15.9. The molecule has 2 rings (SSSR count). The number of benzene rings is 1. The third-order valence-electron chi connectivity index (χ3n) is 2.92. The Morgan fingerprint density at radius 3 is 2.33 bits per heavy atom. The molecule has 2 aromatic rings. The minimum absolute atomic E-state index is 0.00350. The van der Waals surface area contributed by atoms with Gasteiger partial charge in [-0.25, -0.2) is 18.1 Å². The highest BCUT2D eigenvalue weighted by Gasteiger charge is 2.13. The zero-order valence-corrected chi connectivity index (χ0v) is 12.7. The van der Waals surface area contributed by atoms with Gasteiger partial charge in [-0.3, -0.25) is 0 Å². The van der Waals surface area contributed by atoms with Crippen LogP contribution in [0.3, 0.4) is 0 Å². The fourth-order valence-electron chi connectivity index (χ4n) is 1.75. The van der Waals surface area contributed by atoms with E-state index >= 15 is 0 Å². The number of aromatic nitrogens is 1. The maximum atomic E-state index is 12.0. The number of pyridine rings is 1. The summed E-state index contributed by atoms with van der Waals surface area (Å²) < 4.78 is 26.5. The average Bonchev–Trinajstić information content (AvgIpc) is 2.48. The highest BCUT2D eigenvalue weighted by molar-refractivity contribution is 7.89. The van der Waals surface area contributed by atoms with Gasteiger partial charge in [-0.2, -0.15) is 0 Å². The number of hydrogen-bond donors (Lipinski definition) is 2. The van der Waals surface area contributed by atoms with Gasteiger partial charge in [0, 0.05) is 12.7 Å². The van der Waals surface area contributed by atoms with E-state index in [9.17, 15) is 8.42 Å². The van der Waals surface area contributed by atoms with Crippen molar-refractivity contribution in [2.75, 3.05) is 6.54 Å². The number of nitrogens with zero attached hydrogens (tertiary/aromatic N) is 1. The monoisotopic (exact) mass is 326 g/mol. The summed E-state index contributed by atoms with van der Waals surface area (Å²) in [5.41, 5.74) is 1.82. The van der Waals surface area contributed by atoms with Crippen LogP contribution in [0.1, 0.15) is 11.1 Å². The number of aliphatic hydroxyl groups is 1. The van der Waals surface area contributed by atoms with Gasteiger partial charge in [-0.05, 0) is 29.7 Å². The van der Waals surface area contributed by atoms with E-state index in [1.54, 1.807) is 0 Å². The van der Waals surface area contributed by atoms with E-state index in [0.29, 0.717) is 6.42 Å². The van der Waals surface area contributed by atoms with Crippen LogP contribution < -0.4 is 4.72 Å². The third-order valence-corrected chi connectivity index (χ3v) is 4.59. The van der Waals surface area contributed by atoms with E-state index in [-0.39, 0.29) is 23.2 Å². The van der Waals surface area contributed by atoms with Crippen molar-refractivity contribution in [1.29, 1.82) is 0 Å². The van der Waals surface area contributed by atoms with Gasteiger partial charge in [0.25, 0.3) is 0 Å². The first-order valence-electron chi connectivity index (χ1n) is 6.31. The molecule has 2 N–H and O–H groups in total. The lowest BCUT2D eigenvalue weighted by Crippen LogP contribution is -2.26. The van der Waals surface area contributed by atoms with Crippen LogP contribution in [0.2, 0.25) is 5.15 Å². The summed E-state index contributed by atoms with van der Waals surface area (Å²) in [7, 11) is -3.57. The molecule has 112 valence electrons. The molecule has 0 aliphatic rings. The summed E-state index contributed by atoms with van der Waals surface area (Å²) in [6.07, 6.45) is 1.78. The van der Waals surface area contributed by atoms with E-state index < -0.39 is 10.0 Å².